The molecule has 5 aromatic carbocycles. The van der Waals surface area contributed by atoms with Crippen LogP contribution in [-0.4, -0.2) is 162 Å². The summed E-state index contributed by atoms with van der Waals surface area (Å²) in [6.07, 6.45) is 7.19. The smallest absolute Gasteiger partial charge is 0.260 e. The van der Waals surface area contributed by atoms with E-state index in [-0.39, 0.29) is 64.5 Å². The van der Waals surface area contributed by atoms with Crippen molar-refractivity contribution in [2.75, 3.05) is 131 Å². The Morgan fingerprint density at radius 3 is 1.97 bits per heavy atom. The van der Waals surface area contributed by atoms with Gasteiger partial charge in [0.15, 0.2) is 11.5 Å². The minimum atomic E-state index is -0.313. The molecular formula is C68H84N6O10S3. The lowest BCUT2D eigenvalue weighted by atomic mass is 9.95. The molecule has 0 saturated carbocycles. The number of hydrogen-bond acceptors (Lipinski definition) is 16. The molecule has 1 unspecified atom stereocenters. The van der Waals surface area contributed by atoms with Gasteiger partial charge in [0.1, 0.15) is 12.4 Å². The number of hydrogen-bond donors (Lipinski definition) is 0. The van der Waals surface area contributed by atoms with Crippen molar-refractivity contribution in [3.8, 4) is 11.5 Å². The molecule has 1 fully saturated rings. The SMILES string of the molecule is COCCOCCOCCN(CC(C)(C)SSCCCC(=O)CCCN1C(=O)CC(SC)C1=O)c1cc(CCc2cc3c(cc2C)C(=O)N2c4ccccc4C[C@H]2CN3C)cc(COc2cc3c(cc2OC)C(=O)N2c4ccccc4C[C@H]2CN3C)c1. The zero-order valence-electron chi connectivity index (χ0n) is 51.7. The van der Waals surface area contributed by atoms with E-state index in [9.17, 15) is 24.0 Å². The molecule has 5 aliphatic heterocycles. The number of likely N-dealkylation sites (tertiary alicyclic amines) is 1. The first-order valence-electron chi connectivity index (χ1n) is 30.5. The Morgan fingerprint density at radius 1 is 0.690 bits per heavy atom. The van der Waals surface area contributed by atoms with Gasteiger partial charge in [0.05, 0.1) is 74.3 Å². The highest BCUT2D eigenvalue weighted by molar-refractivity contribution is 8.77. The number of benzene rings is 5. The quantitative estimate of drug-likeness (QED) is 0.0243. The minimum absolute atomic E-state index is 0.00274. The fourth-order valence-corrected chi connectivity index (χ4v) is 16.1. The first-order valence-corrected chi connectivity index (χ1v) is 34.1. The lowest BCUT2D eigenvalue weighted by molar-refractivity contribution is -0.138. The number of aryl methyl sites for hydroxylation is 3. The summed E-state index contributed by atoms with van der Waals surface area (Å²) in [4.78, 5) is 79.1. The van der Waals surface area contributed by atoms with Gasteiger partial charge in [-0.15, -0.1) is 0 Å². The van der Waals surface area contributed by atoms with Crippen LogP contribution in [0.3, 0.4) is 0 Å². The topological polar surface area (TPSA) is 151 Å². The Bertz CT molecular complexity index is 3330. The van der Waals surface area contributed by atoms with E-state index >= 15 is 0 Å². The maximum atomic E-state index is 14.5. The second-order valence-corrected chi connectivity index (χ2v) is 28.2. The molecule has 87 heavy (non-hydrogen) atoms. The summed E-state index contributed by atoms with van der Waals surface area (Å²) in [5, 5.41) is -0.313. The van der Waals surface area contributed by atoms with Crippen molar-refractivity contribution in [3.05, 3.63) is 136 Å². The van der Waals surface area contributed by atoms with Crippen molar-refractivity contribution in [2.24, 2.45) is 0 Å². The Kier molecular flexibility index (Phi) is 21.2. The molecule has 16 nitrogen and oxygen atoms in total. The molecule has 0 N–H and O–H groups in total. The van der Waals surface area contributed by atoms with E-state index in [1.807, 2.05) is 70.3 Å². The summed E-state index contributed by atoms with van der Waals surface area (Å²) in [5.41, 5.74) is 12.8. The molecule has 464 valence electrons. The molecule has 3 atom stereocenters. The van der Waals surface area contributed by atoms with Crippen molar-refractivity contribution < 1.29 is 47.7 Å². The normalized spacial score (nSPS) is 17.9. The molecule has 4 amide bonds. The van der Waals surface area contributed by atoms with Gasteiger partial charge in [-0.25, -0.2) is 0 Å². The Balaban J connectivity index is 0.886. The molecule has 10 rings (SSSR count). The monoisotopic (exact) mass is 1240 g/mol. The molecule has 1 saturated heterocycles. The molecule has 0 aliphatic carbocycles. The highest BCUT2D eigenvalue weighted by atomic mass is 33.1. The third-order valence-corrected chi connectivity index (χ3v) is 21.5. The van der Waals surface area contributed by atoms with Crippen LogP contribution in [0.1, 0.15) is 100 Å². The van der Waals surface area contributed by atoms with Crippen LogP contribution >= 0.6 is 33.3 Å². The number of rotatable bonds is 30. The number of Topliss-reactive ketones (excluding diaryl/α,β-unsaturated/α-hetero) is 1. The van der Waals surface area contributed by atoms with Crippen molar-refractivity contribution in [3.63, 3.8) is 0 Å². The number of methoxy groups -OCH3 is 2. The van der Waals surface area contributed by atoms with Gasteiger partial charge in [-0.2, -0.15) is 11.8 Å². The maximum Gasteiger partial charge on any atom is 0.260 e. The van der Waals surface area contributed by atoms with Gasteiger partial charge in [0.2, 0.25) is 11.8 Å². The van der Waals surface area contributed by atoms with Crippen LogP contribution < -0.4 is 34.0 Å². The summed E-state index contributed by atoms with van der Waals surface area (Å²) in [5.74, 6) is 1.68. The molecule has 0 radical (unpaired) electrons. The number of carbonyl (C=O) groups excluding carboxylic acids is 5. The minimum Gasteiger partial charge on any atom is -0.493 e. The number of imide groups is 1. The number of ketones is 1. The molecule has 19 heteroatoms. The largest absolute Gasteiger partial charge is 0.493 e. The molecule has 0 bridgehead atoms. The van der Waals surface area contributed by atoms with Crippen LogP contribution in [0, 0.1) is 6.92 Å². The van der Waals surface area contributed by atoms with Gasteiger partial charge in [-0.05, 0) is 141 Å². The van der Waals surface area contributed by atoms with E-state index in [4.69, 9.17) is 23.7 Å². The number of fused-ring (bicyclic) bond motifs is 8. The fraction of sp³-hybridized carbons (Fsp3) is 0.485. The predicted molar refractivity (Wildman–Crippen MR) is 352 cm³/mol. The summed E-state index contributed by atoms with van der Waals surface area (Å²) in [7, 11) is 11.0. The highest BCUT2D eigenvalue weighted by Gasteiger charge is 2.42. The van der Waals surface area contributed by atoms with Gasteiger partial charge in [-0.3, -0.25) is 28.9 Å². The molecule has 5 aliphatic rings. The summed E-state index contributed by atoms with van der Waals surface area (Å²) in [6, 6.07) is 31.3. The molecular weight excluding hydrogens is 1160 g/mol. The van der Waals surface area contributed by atoms with Crippen LogP contribution in [-0.2, 0) is 60.9 Å². The Hall–Kier alpha value is -6.22. The standard InChI is InChI=1S/C68H84N6O10S3/c1-45-31-55-59(69(4)41-52-35-49-15-9-11-19-57(49)73(52)65(55)77)37-48(45)22-21-46-32-47(43-84-62-39-60-56(38-61(62)81-7)66(78)74-53(42-70(60)5)36-50-16-10-12-20-58(50)74)34-51(33-46)71(24-25-82-28-29-83-27-26-80-6)44-68(2,3)87-86-30-14-18-54(75)17-13-23-72-64(76)40-63(85-8)67(72)79/h9-12,15-16,19-20,31-34,37-39,52-53,63H,13-14,17-18,21-30,35-36,40-44H2,1-8H3/t52-,53-,63?/m0/s1. The second-order valence-electron chi connectivity index (χ2n) is 24.1. The number of ether oxygens (including phenoxy) is 5. The van der Waals surface area contributed by atoms with Crippen LogP contribution in [0.5, 0.6) is 11.5 Å². The van der Waals surface area contributed by atoms with E-state index < -0.39 is 0 Å². The van der Waals surface area contributed by atoms with E-state index in [2.05, 4.69) is 97.1 Å². The zero-order valence-corrected chi connectivity index (χ0v) is 54.2. The van der Waals surface area contributed by atoms with Gasteiger partial charge >= 0.3 is 0 Å². The van der Waals surface area contributed by atoms with Crippen LogP contribution in [0.4, 0.5) is 28.4 Å². The number of amides is 4. The third-order valence-electron chi connectivity index (χ3n) is 17.2. The second kappa shape index (κ2) is 28.9. The first kappa shape index (κ1) is 63.8. The number of nitrogens with zero attached hydrogens (tertiary/aromatic N) is 6. The lowest BCUT2D eigenvalue weighted by Gasteiger charge is -2.34. The van der Waals surface area contributed by atoms with Crippen molar-refractivity contribution in [1.82, 2.24) is 4.90 Å². The predicted octanol–water partition coefficient (Wildman–Crippen LogP) is 10.7. The van der Waals surface area contributed by atoms with Crippen molar-refractivity contribution >= 4 is 91.2 Å². The number of anilines is 5. The molecule has 0 aromatic heterocycles. The third kappa shape index (κ3) is 14.9. The molecule has 5 heterocycles. The lowest BCUT2D eigenvalue weighted by Crippen LogP contribution is -2.41. The van der Waals surface area contributed by atoms with Crippen LogP contribution in [0.15, 0.2) is 91.0 Å². The summed E-state index contributed by atoms with van der Waals surface area (Å²) < 4.78 is 29.8. The van der Waals surface area contributed by atoms with Gasteiger partial charge in [-0.1, -0.05) is 64.1 Å². The van der Waals surface area contributed by atoms with Gasteiger partial charge in [0.25, 0.3) is 11.8 Å². The Labute approximate surface area is 525 Å². The average molecular weight is 1240 g/mol. The summed E-state index contributed by atoms with van der Waals surface area (Å²) >= 11 is 1.40. The van der Waals surface area contributed by atoms with Crippen LogP contribution in [0.2, 0.25) is 0 Å². The van der Waals surface area contributed by atoms with Gasteiger partial charge < -0.3 is 48.2 Å². The fourth-order valence-electron chi connectivity index (χ4n) is 12.8. The zero-order chi connectivity index (χ0) is 61.4. The molecule has 0 spiro atoms. The van der Waals surface area contributed by atoms with E-state index in [1.165, 1.54) is 33.4 Å². The van der Waals surface area contributed by atoms with E-state index in [1.54, 1.807) is 25.0 Å². The maximum absolute atomic E-state index is 14.5. The summed E-state index contributed by atoms with van der Waals surface area (Å²) in [6.45, 7) is 12.2. The number of likely N-dealkylation sites (N-methyl/N-ethyl adjacent to an activating group) is 2. The number of carbonyl (C=O) groups is 5. The first-order chi connectivity index (χ1) is 42.0. The molecule has 5 aromatic rings. The van der Waals surface area contributed by atoms with E-state index in [0.717, 1.165) is 95.1 Å². The number of para-hydroxylation sites is 2. The van der Waals surface area contributed by atoms with Gasteiger partial charge in [0, 0.05) is 113 Å². The number of thioether (sulfide) groups is 1. The Morgan fingerprint density at radius 2 is 1.31 bits per heavy atom. The highest BCUT2D eigenvalue weighted by Crippen LogP contribution is 2.44. The van der Waals surface area contributed by atoms with Crippen molar-refractivity contribution in [2.45, 2.75) is 107 Å². The average Bonchev–Trinajstić information content (AvgIpc) is 1.70. The van der Waals surface area contributed by atoms with Crippen LogP contribution in [0.25, 0.3) is 0 Å². The van der Waals surface area contributed by atoms with E-state index in [0.29, 0.717) is 95.5 Å². The van der Waals surface area contributed by atoms with Crippen molar-refractivity contribution in [1.29, 1.82) is 0 Å².